The van der Waals surface area contributed by atoms with Crippen LogP contribution in [0.3, 0.4) is 0 Å². The second kappa shape index (κ2) is 7.75. The van der Waals surface area contributed by atoms with Gasteiger partial charge in [-0.1, -0.05) is 18.2 Å². The fraction of sp³-hybridized carbons (Fsp3) is 0.263. The molecule has 2 aromatic carbocycles. The van der Waals surface area contributed by atoms with E-state index in [1.807, 2.05) is 18.2 Å². The van der Waals surface area contributed by atoms with Gasteiger partial charge in [-0.05, 0) is 49.2 Å². The van der Waals surface area contributed by atoms with Gasteiger partial charge in [-0.2, -0.15) is 0 Å². The maximum Gasteiger partial charge on any atom is 0.314 e. The van der Waals surface area contributed by atoms with Gasteiger partial charge in [0.1, 0.15) is 5.75 Å². The van der Waals surface area contributed by atoms with E-state index in [1.54, 1.807) is 36.4 Å². The maximum atomic E-state index is 12.1. The van der Waals surface area contributed by atoms with E-state index in [4.69, 9.17) is 9.47 Å². The van der Waals surface area contributed by atoms with E-state index in [0.29, 0.717) is 43.1 Å². The van der Waals surface area contributed by atoms with E-state index in [9.17, 15) is 9.59 Å². The van der Waals surface area contributed by atoms with Crippen molar-refractivity contribution in [2.45, 2.75) is 12.8 Å². The van der Waals surface area contributed by atoms with E-state index in [2.05, 4.69) is 5.32 Å². The molecule has 0 bridgehead atoms. The summed E-state index contributed by atoms with van der Waals surface area (Å²) in [6.45, 7) is 1.20. The molecule has 0 aromatic heterocycles. The number of carbonyl (C=O) groups excluding carboxylic acids is 2. The summed E-state index contributed by atoms with van der Waals surface area (Å²) in [7, 11) is 0. The highest BCUT2D eigenvalue weighted by molar-refractivity contribution is 6.04. The third kappa shape index (κ3) is 4.20. The molecule has 124 valence electrons. The molecule has 1 fully saturated rings. The third-order valence-corrected chi connectivity index (χ3v) is 3.92. The molecule has 0 aliphatic carbocycles. The van der Waals surface area contributed by atoms with Crippen molar-refractivity contribution in [3.8, 4) is 5.75 Å². The first kappa shape index (κ1) is 16.2. The molecular formula is C19H19NO4. The molecule has 1 N–H and O–H groups in total. The summed E-state index contributed by atoms with van der Waals surface area (Å²) in [5.41, 5.74) is 1.24. The fourth-order valence-electron chi connectivity index (χ4n) is 2.53. The standard InChI is InChI=1S/C19H19NO4/c21-18(14-4-2-1-3-5-14)20-16-6-8-17(9-7-16)24-19(22)15-10-12-23-13-11-15/h1-9,15H,10-13H2,(H,20,21). The van der Waals surface area contributed by atoms with Crippen molar-refractivity contribution in [2.24, 2.45) is 5.92 Å². The average Bonchev–Trinajstić information content (AvgIpc) is 2.65. The number of esters is 1. The lowest BCUT2D eigenvalue weighted by molar-refractivity contribution is -0.142. The van der Waals surface area contributed by atoms with E-state index in [-0.39, 0.29) is 17.8 Å². The molecule has 0 saturated carbocycles. The Hall–Kier alpha value is -2.66. The third-order valence-electron chi connectivity index (χ3n) is 3.92. The predicted octanol–water partition coefficient (Wildman–Crippen LogP) is 3.27. The Morgan fingerprint density at radius 1 is 0.958 bits per heavy atom. The summed E-state index contributed by atoms with van der Waals surface area (Å²) in [5, 5.41) is 2.81. The number of ether oxygens (including phenoxy) is 2. The first-order chi connectivity index (χ1) is 11.7. The van der Waals surface area contributed by atoms with E-state index in [1.165, 1.54) is 0 Å². The van der Waals surface area contributed by atoms with E-state index < -0.39 is 0 Å². The number of anilines is 1. The number of hydrogen-bond donors (Lipinski definition) is 1. The number of benzene rings is 2. The molecule has 0 radical (unpaired) electrons. The Bertz CT molecular complexity index is 691. The van der Waals surface area contributed by atoms with Gasteiger partial charge >= 0.3 is 5.97 Å². The quantitative estimate of drug-likeness (QED) is 0.692. The second-order valence-corrected chi connectivity index (χ2v) is 5.65. The van der Waals surface area contributed by atoms with Crippen molar-refractivity contribution in [1.29, 1.82) is 0 Å². The number of hydrogen-bond acceptors (Lipinski definition) is 4. The van der Waals surface area contributed by atoms with Crippen LogP contribution in [-0.4, -0.2) is 25.1 Å². The predicted molar refractivity (Wildman–Crippen MR) is 90.0 cm³/mol. The van der Waals surface area contributed by atoms with Crippen molar-refractivity contribution < 1.29 is 19.1 Å². The van der Waals surface area contributed by atoms with Crippen molar-refractivity contribution in [3.05, 3.63) is 60.2 Å². The first-order valence-electron chi connectivity index (χ1n) is 7.98. The lowest BCUT2D eigenvalue weighted by Gasteiger charge is -2.20. The van der Waals surface area contributed by atoms with Crippen molar-refractivity contribution >= 4 is 17.6 Å². The first-order valence-corrected chi connectivity index (χ1v) is 7.98. The molecule has 5 heteroatoms. The molecule has 1 heterocycles. The van der Waals surface area contributed by atoms with Crippen LogP contribution in [0.25, 0.3) is 0 Å². The number of nitrogens with one attached hydrogen (secondary N) is 1. The maximum absolute atomic E-state index is 12.1. The van der Waals surface area contributed by atoms with Gasteiger partial charge in [-0.25, -0.2) is 0 Å². The van der Waals surface area contributed by atoms with Crippen LogP contribution in [0.4, 0.5) is 5.69 Å². The zero-order chi connectivity index (χ0) is 16.8. The fourth-order valence-corrected chi connectivity index (χ4v) is 2.53. The van der Waals surface area contributed by atoms with Crippen LogP contribution in [-0.2, 0) is 9.53 Å². The van der Waals surface area contributed by atoms with Crippen molar-refractivity contribution in [1.82, 2.24) is 0 Å². The Morgan fingerprint density at radius 2 is 1.62 bits per heavy atom. The molecule has 1 amide bonds. The molecule has 1 aliphatic rings. The molecule has 1 saturated heterocycles. The van der Waals surface area contributed by atoms with E-state index in [0.717, 1.165) is 0 Å². The summed E-state index contributed by atoms with van der Waals surface area (Å²) in [6.07, 6.45) is 1.40. The van der Waals surface area contributed by atoms with Gasteiger partial charge < -0.3 is 14.8 Å². The van der Waals surface area contributed by atoms with Crippen LogP contribution in [0.5, 0.6) is 5.75 Å². The normalized spacial score (nSPS) is 14.8. The molecule has 1 aliphatic heterocycles. The van der Waals surface area contributed by atoms with Crippen molar-refractivity contribution in [3.63, 3.8) is 0 Å². The Labute approximate surface area is 140 Å². The number of amides is 1. The highest BCUT2D eigenvalue weighted by Crippen LogP contribution is 2.21. The van der Waals surface area contributed by atoms with Crippen LogP contribution >= 0.6 is 0 Å². The Morgan fingerprint density at radius 3 is 2.29 bits per heavy atom. The Balaban J connectivity index is 1.57. The minimum Gasteiger partial charge on any atom is -0.426 e. The molecule has 0 spiro atoms. The molecular weight excluding hydrogens is 306 g/mol. The summed E-state index contributed by atoms with van der Waals surface area (Å²) < 4.78 is 10.6. The molecule has 2 aromatic rings. The van der Waals surface area contributed by atoms with Gasteiger partial charge in [-0.15, -0.1) is 0 Å². The van der Waals surface area contributed by atoms with Crippen LogP contribution < -0.4 is 10.1 Å². The van der Waals surface area contributed by atoms with Gasteiger partial charge in [0.05, 0.1) is 5.92 Å². The second-order valence-electron chi connectivity index (χ2n) is 5.65. The van der Waals surface area contributed by atoms with Crippen LogP contribution in [0.1, 0.15) is 23.2 Å². The molecule has 24 heavy (non-hydrogen) atoms. The summed E-state index contributed by atoms with van der Waals surface area (Å²) >= 11 is 0. The minimum absolute atomic E-state index is 0.101. The summed E-state index contributed by atoms with van der Waals surface area (Å²) in [5.74, 6) is -0.0256. The van der Waals surface area contributed by atoms with Gasteiger partial charge in [0.15, 0.2) is 0 Å². The molecule has 0 unspecified atom stereocenters. The van der Waals surface area contributed by atoms with Crippen LogP contribution in [0, 0.1) is 5.92 Å². The van der Waals surface area contributed by atoms with Crippen LogP contribution in [0.15, 0.2) is 54.6 Å². The number of carbonyl (C=O) groups is 2. The minimum atomic E-state index is -0.223. The summed E-state index contributed by atoms with van der Waals surface area (Å²) in [6, 6.07) is 15.8. The van der Waals surface area contributed by atoms with Crippen molar-refractivity contribution in [2.75, 3.05) is 18.5 Å². The molecule has 0 atom stereocenters. The monoisotopic (exact) mass is 325 g/mol. The average molecular weight is 325 g/mol. The summed E-state index contributed by atoms with van der Waals surface area (Å²) in [4.78, 5) is 24.1. The highest BCUT2D eigenvalue weighted by atomic mass is 16.5. The highest BCUT2D eigenvalue weighted by Gasteiger charge is 2.23. The van der Waals surface area contributed by atoms with Gasteiger partial charge in [-0.3, -0.25) is 9.59 Å². The zero-order valence-electron chi connectivity index (χ0n) is 13.2. The Kier molecular flexibility index (Phi) is 5.23. The van der Waals surface area contributed by atoms with Gasteiger partial charge in [0.25, 0.3) is 5.91 Å². The van der Waals surface area contributed by atoms with Gasteiger partial charge in [0.2, 0.25) is 0 Å². The molecule has 3 rings (SSSR count). The van der Waals surface area contributed by atoms with Gasteiger partial charge in [0, 0.05) is 24.5 Å². The topological polar surface area (TPSA) is 64.6 Å². The van der Waals surface area contributed by atoms with Crippen LogP contribution in [0.2, 0.25) is 0 Å². The largest absolute Gasteiger partial charge is 0.426 e. The lowest BCUT2D eigenvalue weighted by Crippen LogP contribution is -2.27. The smallest absolute Gasteiger partial charge is 0.314 e. The SMILES string of the molecule is O=C(Nc1ccc(OC(=O)C2CCOCC2)cc1)c1ccccc1. The molecule has 5 nitrogen and oxygen atoms in total. The zero-order valence-corrected chi connectivity index (χ0v) is 13.2. The van der Waals surface area contributed by atoms with E-state index >= 15 is 0 Å². The number of rotatable bonds is 4. The lowest BCUT2D eigenvalue weighted by atomic mass is 10.0.